The van der Waals surface area contributed by atoms with Crippen LogP contribution in [-0.4, -0.2) is 70.4 Å². The molecule has 3 N–H and O–H groups in total. The molecule has 9 heteroatoms. The van der Waals surface area contributed by atoms with Crippen LogP contribution in [-0.2, 0) is 6.54 Å². The van der Waals surface area contributed by atoms with Crippen molar-refractivity contribution in [3.05, 3.63) is 71.9 Å². The standard InChI is InChI=1S/C27H28N8O/c1-34-14-16-35(17-15-34)18-19-2-8-22(9-3-19)31-27-32-24(23-10-12-29-25(23)33-27)20-4-6-21(7-5-20)26(36)30-13-11-28/h2-10,12H,13-18H2,1H3,(H,30,36)(H2,29,31,32,33). The zero-order valence-electron chi connectivity index (χ0n) is 20.2. The van der Waals surface area contributed by atoms with Crippen LogP contribution in [0.15, 0.2) is 60.8 Å². The van der Waals surface area contributed by atoms with Gasteiger partial charge in [0.2, 0.25) is 5.95 Å². The van der Waals surface area contributed by atoms with Gasteiger partial charge in [0.15, 0.2) is 0 Å². The number of piperazine rings is 1. The highest BCUT2D eigenvalue weighted by molar-refractivity contribution is 5.96. The van der Waals surface area contributed by atoms with Gasteiger partial charge in [-0.3, -0.25) is 9.69 Å². The summed E-state index contributed by atoms with van der Waals surface area (Å²) >= 11 is 0. The number of benzene rings is 2. The first-order valence-corrected chi connectivity index (χ1v) is 12.0. The Morgan fingerprint density at radius 3 is 2.50 bits per heavy atom. The van der Waals surface area contributed by atoms with Crippen molar-refractivity contribution >= 4 is 28.6 Å². The topological polar surface area (TPSA) is 113 Å². The lowest BCUT2D eigenvalue weighted by atomic mass is 10.1. The summed E-state index contributed by atoms with van der Waals surface area (Å²) in [6, 6.07) is 19.4. The predicted molar refractivity (Wildman–Crippen MR) is 140 cm³/mol. The van der Waals surface area contributed by atoms with E-state index in [1.807, 2.05) is 30.5 Å². The van der Waals surface area contributed by atoms with Gasteiger partial charge in [0.05, 0.1) is 11.8 Å². The Kier molecular flexibility index (Phi) is 6.89. The number of hydrogen-bond acceptors (Lipinski definition) is 7. The molecule has 0 atom stereocenters. The van der Waals surface area contributed by atoms with Crippen molar-refractivity contribution in [2.45, 2.75) is 6.54 Å². The molecule has 1 fully saturated rings. The normalized spacial score (nSPS) is 14.4. The summed E-state index contributed by atoms with van der Waals surface area (Å²) in [6.07, 6.45) is 1.84. The fourth-order valence-corrected chi connectivity index (χ4v) is 4.31. The van der Waals surface area contributed by atoms with Crippen molar-refractivity contribution < 1.29 is 4.79 Å². The maximum atomic E-state index is 12.1. The third kappa shape index (κ3) is 5.35. The quantitative estimate of drug-likeness (QED) is 0.348. The van der Waals surface area contributed by atoms with Gasteiger partial charge in [-0.1, -0.05) is 24.3 Å². The van der Waals surface area contributed by atoms with E-state index in [0.29, 0.717) is 11.5 Å². The molecule has 182 valence electrons. The number of carbonyl (C=O) groups is 1. The molecular weight excluding hydrogens is 452 g/mol. The Labute approximate surface area is 209 Å². The van der Waals surface area contributed by atoms with Gasteiger partial charge >= 0.3 is 0 Å². The number of likely N-dealkylation sites (N-methyl/N-ethyl adjacent to an activating group) is 1. The number of fused-ring (bicyclic) bond motifs is 1. The third-order valence-corrected chi connectivity index (χ3v) is 6.38. The molecule has 36 heavy (non-hydrogen) atoms. The number of anilines is 2. The van der Waals surface area contributed by atoms with Gasteiger partial charge < -0.3 is 20.5 Å². The maximum Gasteiger partial charge on any atom is 0.252 e. The Morgan fingerprint density at radius 2 is 1.78 bits per heavy atom. The molecule has 4 aromatic rings. The third-order valence-electron chi connectivity index (χ3n) is 6.38. The second-order valence-electron chi connectivity index (χ2n) is 8.96. The monoisotopic (exact) mass is 480 g/mol. The second-order valence-corrected chi connectivity index (χ2v) is 8.96. The summed E-state index contributed by atoms with van der Waals surface area (Å²) in [4.78, 5) is 29.6. The van der Waals surface area contributed by atoms with Crippen LogP contribution in [0, 0.1) is 11.3 Å². The lowest BCUT2D eigenvalue weighted by Gasteiger charge is -2.32. The predicted octanol–water partition coefficient (Wildman–Crippen LogP) is 3.37. The van der Waals surface area contributed by atoms with Gasteiger partial charge in [-0.15, -0.1) is 0 Å². The molecule has 1 saturated heterocycles. The summed E-state index contributed by atoms with van der Waals surface area (Å²) < 4.78 is 0. The van der Waals surface area contributed by atoms with Crippen LogP contribution < -0.4 is 10.6 Å². The number of nitrogens with one attached hydrogen (secondary N) is 3. The number of hydrogen-bond donors (Lipinski definition) is 3. The highest BCUT2D eigenvalue weighted by Gasteiger charge is 2.15. The Morgan fingerprint density at radius 1 is 1.03 bits per heavy atom. The molecule has 2 aromatic heterocycles. The smallest absolute Gasteiger partial charge is 0.252 e. The Hall–Kier alpha value is -4.26. The number of nitrogens with zero attached hydrogens (tertiary/aromatic N) is 5. The number of nitriles is 1. The van der Waals surface area contributed by atoms with Crippen LogP contribution in [0.4, 0.5) is 11.6 Å². The summed E-state index contributed by atoms with van der Waals surface area (Å²) in [5.74, 6) is 0.207. The van der Waals surface area contributed by atoms with E-state index in [-0.39, 0.29) is 12.5 Å². The lowest BCUT2D eigenvalue weighted by Crippen LogP contribution is -2.43. The molecule has 1 amide bonds. The molecule has 0 radical (unpaired) electrons. The minimum absolute atomic E-state index is 0.0255. The maximum absolute atomic E-state index is 12.1. The minimum atomic E-state index is -0.281. The van der Waals surface area contributed by atoms with Crippen molar-refractivity contribution in [1.82, 2.24) is 30.1 Å². The first kappa shape index (κ1) is 23.5. The number of amides is 1. The van der Waals surface area contributed by atoms with Crippen molar-refractivity contribution in [2.75, 3.05) is 45.1 Å². The van der Waals surface area contributed by atoms with Crippen molar-refractivity contribution in [3.63, 3.8) is 0 Å². The molecule has 5 rings (SSSR count). The van der Waals surface area contributed by atoms with Crippen LogP contribution in [0.25, 0.3) is 22.3 Å². The number of aromatic nitrogens is 3. The van der Waals surface area contributed by atoms with Crippen molar-refractivity contribution in [3.8, 4) is 17.3 Å². The van der Waals surface area contributed by atoms with Gasteiger partial charge in [-0.05, 0) is 42.9 Å². The highest BCUT2D eigenvalue weighted by Crippen LogP contribution is 2.28. The molecule has 3 heterocycles. The molecule has 9 nitrogen and oxygen atoms in total. The van der Waals surface area contributed by atoms with E-state index >= 15 is 0 Å². The SMILES string of the molecule is CN1CCN(Cc2ccc(Nc3nc(-c4ccc(C(=O)NCC#N)cc4)c4cc[nH]c4n3)cc2)CC1. The molecule has 0 aliphatic carbocycles. The fourth-order valence-electron chi connectivity index (χ4n) is 4.31. The van der Waals surface area contributed by atoms with E-state index in [1.165, 1.54) is 5.56 Å². The van der Waals surface area contributed by atoms with Crippen molar-refractivity contribution in [1.29, 1.82) is 5.26 Å². The van der Waals surface area contributed by atoms with Gasteiger partial charge in [-0.2, -0.15) is 10.2 Å². The van der Waals surface area contributed by atoms with Gasteiger partial charge in [-0.25, -0.2) is 4.98 Å². The molecule has 0 unspecified atom stereocenters. The molecular formula is C27H28N8O. The number of rotatable bonds is 7. The first-order valence-electron chi connectivity index (χ1n) is 12.0. The average molecular weight is 481 g/mol. The fraction of sp³-hybridized carbons (Fsp3) is 0.259. The molecule has 2 aromatic carbocycles. The van der Waals surface area contributed by atoms with Crippen molar-refractivity contribution in [2.24, 2.45) is 0 Å². The summed E-state index contributed by atoms with van der Waals surface area (Å²) in [7, 11) is 2.17. The summed E-state index contributed by atoms with van der Waals surface area (Å²) in [5.41, 5.74) is 5.04. The largest absolute Gasteiger partial charge is 0.346 e. The van der Waals surface area contributed by atoms with Gasteiger partial charge in [0, 0.05) is 61.1 Å². The number of carbonyl (C=O) groups excluding carboxylic acids is 1. The first-order chi connectivity index (χ1) is 17.6. The van der Waals surface area contributed by atoms with E-state index in [9.17, 15) is 4.79 Å². The zero-order valence-corrected chi connectivity index (χ0v) is 20.2. The molecule has 0 bridgehead atoms. The van der Waals surface area contributed by atoms with Gasteiger partial charge in [0.25, 0.3) is 5.91 Å². The van der Waals surface area contributed by atoms with E-state index < -0.39 is 0 Å². The zero-order chi connectivity index (χ0) is 24.9. The van der Waals surface area contributed by atoms with E-state index in [1.54, 1.807) is 12.1 Å². The Bertz CT molecular complexity index is 1380. The lowest BCUT2D eigenvalue weighted by molar-refractivity contribution is 0.0958. The van der Waals surface area contributed by atoms with Crippen LogP contribution >= 0.6 is 0 Å². The van der Waals surface area contributed by atoms with Crippen LogP contribution in [0.2, 0.25) is 0 Å². The molecule has 0 spiro atoms. The van der Waals surface area contributed by atoms with Gasteiger partial charge in [0.1, 0.15) is 12.2 Å². The highest BCUT2D eigenvalue weighted by atomic mass is 16.1. The van der Waals surface area contributed by atoms with E-state index in [4.69, 9.17) is 10.2 Å². The number of aromatic amines is 1. The summed E-state index contributed by atoms with van der Waals surface area (Å²) in [5, 5.41) is 15.4. The Balaban J connectivity index is 1.33. The van der Waals surface area contributed by atoms with Crippen LogP contribution in [0.5, 0.6) is 0 Å². The summed E-state index contributed by atoms with van der Waals surface area (Å²) in [6.45, 7) is 5.33. The van der Waals surface area contributed by atoms with Crippen LogP contribution in [0.3, 0.4) is 0 Å². The average Bonchev–Trinajstić information content (AvgIpc) is 3.38. The van der Waals surface area contributed by atoms with Crippen LogP contribution in [0.1, 0.15) is 15.9 Å². The number of H-pyrrole nitrogens is 1. The molecule has 1 aliphatic heterocycles. The second kappa shape index (κ2) is 10.6. The molecule has 1 aliphatic rings. The minimum Gasteiger partial charge on any atom is -0.346 e. The van der Waals surface area contributed by atoms with E-state index in [0.717, 1.165) is 60.7 Å². The van der Waals surface area contributed by atoms with E-state index in [2.05, 4.69) is 61.7 Å². The molecule has 0 saturated carbocycles.